The summed E-state index contributed by atoms with van der Waals surface area (Å²) in [6.07, 6.45) is 0.224. The Morgan fingerprint density at radius 1 is 1.38 bits per heavy atom. The maximum absolute atomic E-state index is 11.8. The van der Waals surface area contributed by atoms with Gasteiger partial charge in [-0.05, 0) is 12.1 Å². The molecule has 112 valence electrons. The Kier molecular flexibility index (Phi) is 5.52. The largest absolute Gasteiger partial charge is 0.491 e. The van der Waals surface area contributed by atoms with Crippen molar-refractivity contribution in [3.05, 3.63) is 34.3 Å². The molecule has 1 amide bonds. The van der Waals surface area contributed by atoms with Crippen LogP contribution in [0.3, 0.4) is 0 Å². The van der Waals surface area contributed by atoms with Gasteiger partial charge in [0.25, 0.3) is 0 Å². The third kappa shape index (κ3) is 4.68. The Morgan fingerprint density at radius 3 is 2.81 bits per heavy atom. The van der Waals surface area contributed by atoms with Gasteiger partial charge >= 0.3 is 0 Å². The molecule has 2 aromatic rings. The fourth-order valence-electron chi connectivity index (χ4n) is 1.52. The van der Waals surface area contributed by atoms with Crippen LogP contribution in [0.5, 0.6) is 5.75 Å². The van der Waals surface area contributed by atoms with Gasteiger partial charge < -0.3 is 10.1 Å². The van der Waals surface area contributed by atoms with Crippen LogP contribution in [0.25, 0.3) is 0 Å². The number of hydrogen-bond donors (Lipinski definition) is 1. The summed E-state index contributed by atoms with van der Waals surface area (Å²) in [6.45, 7) is 4.32. The normalized spacial score (nSPS) is 10.7. The summed E-state index contributed by atoms with van der Waals surface area (Å²) in [7, 11) is 0. The van der Waals surface area contributed by atoms with Crippen LogP contribution in [0.1, 0.15) is 31.2 Å². The molecule has 5 nitrogen and oxygen atoms in total. The number of aromatic nitrogens is 2. The number of carbonyl (C=O) groups is 1. The molecule has 7 heteroatoms. The van der Waals surface area contributed by atoms with Gasteiger partial charge in [0.2, 0.25) is 11.0 Å². The minimum atomic E-state index is -0.159. The summed E-state index contributed by atoms with van der Waals surface area (Å²) < 4.78 is 5.46. The number of halogens is 1. The Hall–Kier alpha value is -1.66. The van der Waals surface area contributed by atoms with Crippen molar-refractivity contribution in [2.45, 2.75) is 26.2 Å². The second-order valence-corrected chi connectivity index (χ2v) is 6.09. The van der Waals surface area contributed by atoms with E-state index in [1.54, 1.807) is 12.1 Å². The smallest absolute Gasteiger partial charge is 0.229 e. The third-order valence-electron chi connectivity index (χ3n) is 2.60. The van der Waals surface area contributed by atoms with E-state index >= 15 is 0 Å². The van der Waals surface area contributed by atoms with E-state index in [1.165, 1.54) is 11.3 Å². The molecule has 0 saturated carbocycles. The molecular weight excluding hydrogens is 310 g/mol. The van der Waals surface area contributed by atoms with Crippen molar-refractivity contribution in [3.63, 3.8) is 0 Å². The lowest BCUT2D eigenvalue weighted by atomic mass is 10.2. The van der Waals surface area contributed by atoms with Gasteiger partial charge in [-0.15, -0.1) is 10.2 Å². The van der Waals surface area contributed by atoms with E-state index in [0.717, 1.165) is 5.01 Å². The van der Waals surface area contributed by atoms with Crippen LogP contribution >= 0.6 is 22.9 Å². The van der Waals surface area contributed by atoms with Crippen molar-refractivity contribution in [2.24, 2.45) is 0 Å². The van der Waals surface area contributed by atoms with Gasteiger partial charge in [-0.3, -0.25) is 4.79 Å². The van der Waals surface area contributed by atoms with Crippen LogP contribution in [-0.4, -0.2) is 22.7 Å². The molecule has 21 heavy (non-hydrogen) atoms. The molecule has 0 aliphatic carbocycles. The highest BCUT2D eigenvalue weighted by Gasteiger charge is 2.10. The lowest BCUT2D eigenvalue weighted by molar-refractivity contribution is -0.116. The molecule has 0 unspecified atom stereocenters. The number of nitrogens with zero attached hydrogens (tertiary/aromatic N) is 2. The molecule has 0 saturated heterocycles. The van der Waals surface area contributed by atoms with E-state index in [1.807, 2.05) is 26.0 Å². The highest BCUT2D eigenvalue weighted by molar-refractivity contribution is 7.15. The molecule has 0 bridgehead atoms. The van der Waals surface area contributed by atoms with Crippen LogP contribution < -0.4 is 10.1 Å². The summed E-state index contributed by atoms with van der Waals surface area (Å²) in [5.41, 5.74) is 0. The van der Waals surface area contributed by atoms with Crippen molar-refractivity contribution in [3.8, 4) is 5.75 Å². The van der Waals surface area contributed by atoms with Crippen molar-refractivity contribution >= 4 is 34.0 Å². The third-order valence-corrected chi connectivity index (χ3v) is 4.06. The van der Waals surface area contributed by atoms with Crippen LogP contribution in [0.2, 0.25) is 5.02 Å². The van der Waals surface area contributed by atoms with Crippen molar-refractivity contribution < 1.29 is 9.53 Å². The van der Waals surface area contributed by atoms with E-state index in [-0.39, 0.29) is 18.9 Å². The summed E-state index contributed by atoms with van der Waals surface area (Å²) in [5, 5.41) is 12.6. The van der Waals surface area contributed by atoms with Crippen LogP contribution in [0.4, 0.5) is 5.13 Å². The van der Waals surface area contributed by atoms with Crippen LogP contribution in [0, 0.1) is 0 Å². The first-order chi connectivity index (χ1) is 10.1. The average molecular weight is 326 g/mol. The van der Waals surface area contributed by atoms with Crippen LogP contribution in [0.15, 0.2) is 24.3 Å². The average Bonchev–Trinajstić information content (AvgIpc) is 2.89. The lowest BCUT2D eigenvalue weighted by Gasteiger charge is -2.07. The van der Waals surface area contributed by atoms with E-state index < -0.39 is 0 Å². The first-order valence-electron chi connectivity index (χ1n) is 6.57. The minimum absolute atomic E-state index is 0.159. The molecule has 0 spiro atoms. The summed E-state index contributed by atoms with van der Waals surface area (Å²) in [5.74, 6) is 0.718. The highest BCUT2D eigenvalue weighted by atomic mass is 35.5. The number of benzene rings is 1. The molecule has 1 aromatic carbocycles. The number of hydrogen-bond acceptors (Lipinski definition) is 5. The zero-order valence-corrected chi connectivity index (χ0v) is 13.4. The van der Waals surface area contributed by atoms with Crippen molar-refractivity contribution in [1.29, 1.82) is 0 Å². The highest BCUT2D eigenvalue weighted by Crippen LogP contribution is 2.24. The molecule has 0 aliphatic heterocycles. The SMILES string of the molecule is CC(C)c1nnc(NC(=O)CCOc2ccccc2Cl)s1. The van der Waals surface area contributed by atoms with Crippen molar-refractivity contribution in [2.75, 3.05) is 11.9 Å². The Balaban J connectivity index is 1.78. The summed E-state index contributed by atoms with van der Waals surface area (Å²) >= 11 is 7.35. The van der Waals surface area contributed by atoms with Gasteiger partial charge in [-0.25, -0.2) is 0 Å². The second-order valence-electron chi connectivity index (χ2n) is 4.68. The number of rotatable bonds is 6. The fourth-order valence-corrected chi connectivity index (χ4v) is 2.47. The molecule has 0 radical (unpaired) electrons. The Bertz CT molecular complexity index is 616. The molecule has 1 heterocycles. The standard InChI is InChI=1S/C14H16ClN3O2S/c1-9(2)13-17-18-14(21-13)16-12(19)7-8-20-11-6-4-3-5-10(11)15/h3-6,9H,7-8H2,1-2H3,(H,16,18,19). The zero-order chi connectivity index (χ0) is 15.2. The molecule has 0 fully saturated rings. The number of carbonyl (C=O) groups excluding carboxylic acids is 1. The quantitative estimate of drug-likeness (QED) is 0.879. The predicted molar refractivity (Wildman–Crippen MR) is 84.2 cm³/mol. The van der Waals surface area contributed by atoms with E-state index in [9.17, 15) is 4.79 Å². The van der Waals surface area contributed by atoms with Gasteiger partial charge in [0.05, 0.1) is 18.1 Å². The van der Waals surface area contributed by atoms with Gasteiger partial charge in [0.15, 0.2) is 0 Å². The molecule has 2 rings (SSSR count). The fraction of sp³-hybridized carbons (Fsp3) is 0.357. The van der Waals surface area contributed by atoms with Crippen LogP contribution in [-0.2, 0) is 4.79 Å². The first-order valence-corrected chi connectivity index (χ1v) is 7.76. The Morgan fingerprint density at radius 2 is 2.14 bits per heavy atom. The number of amides is 1. The first kappa shape index (κ1) is 15.7. The number of anilines is 1. The Labute approximate surface area is 132 Å². The topological polar surface area (TPSA) is 64.1 Å². The maximum atomic E-state index is 11.8. The van der Waals surface area contributed by atoms with Gasteiger partial charge in [-0.1, -0.05) is 48.9 Å². The number of para-hydroxylation sites is 1. The van der Waals surface area contributed by atoms with E-state index in [2.05, 4.69) is 15.5 Å². The second kappa shape index (κ2) is 7.38. The molecule has 1 aromatic heterocycles. The maximum Gasteiger partial charge on any atom is 0.229 e. The zero-order valence-electron chi connectivity index (χ0n) is 11.8. The number of nitrogens with one attached hydrogen (secondary N) is 1. The number of ether oxygens (including phenoxy) is 1. The summed E-state index contributed by atoms with van der Waals surface area (Å²) in [4.78, 5) is 11.8. The monoisotopic (exact) mass is 325 g/mol. The van der Waals surface area contributed by atoms with Gasteiger partial charge in [0.1, 0.15) is 10.8 Å². The molecule has 0 aliphatic rings. The van der Waals surface area contributed by atoms with Crippen molar-refractivity contribution in [1.82, 2.24) is 10.2 Å². The summed E-state index contributed by atoms with van der Waals surface area (Å²) in [6, 6.07) is 7.16. The molecule has 0 atom stereocenters. The predicted octanol–water partition coefficient (Wildman–Crippen LogP) is 3.72. The van der Waals surface area contributed by atoms with E-state index in [0.29, 0.717) is 21.8 Å². The molecule has 1 N–H and O–H groups in total. The van der Waals surface area contributed by atoms with Gasteiger partial charge in [-0.2, -0.15) is 0 Å². The lowest BCUT2D eigenvalue weighted by Crippen LogP contribution is -2.15. The molecular formula is C14H16ClN3O2S. The van der Waals surface area contributed by atoms with E-state index in [4.69, 9.17) is 16.3 Å². The minimum Gasteiger partial charge on any atom is -0.491 e. The van der Waals surface area contributed by atoms with Gasteiger partial charge in [0, 0.05) is 5.92 Å².